The maximum absolute atomic E-state index is 13.9. The summed E-state index contributed by atoms with van der Waals surface area (Å²) in [6.07, 6.45) is -1.87. The predicted octanol–water partition coefficient (Wildman–Crippen LogP) is 3.41. The fraction of sp³-hybridized carbons (Fsp3) is 0.265. The molecule has 2 unspecified atom stereocenters. The van der Waals surface area contributed by atoms with Crippen LogP contribution < -0.4 is 5.32 Å². The number of ketones is 1. The lowest BCUT2D eigenvalue weighted by Gasteiger charge is -2.47. The van der Waals surface area contributed by atoms with Gasteiger partial charge in [0.1, 0.15) is 12.3 Å². The number of nitrogens with zero attached hydrogens (tertiary/aromatic N) is 5. The molecule has 242 valence electrons. The van der Waals surface area contributed by atoms with Crippen LogP contribution in [0.2, 0.25) is 0 Å². The van der Waals surface area contributed by atoms with E-state index in [0.29, 0.717) is 10.7 Å². The molecule has 2 amide bonds. The van der Waals surface area contributed by atoms with E-state index in [1.165, 1.54) is 4.68 Å². The molecule has 4 aromatic rings. The van der Waals surface area contributed by atoms with Crippen molar-refractivity contribution in [2.24, 2.45) is 7.05 Å². The van der Waals surface area contributed by atoms with Gasteiger partial charge in [-0.2, -0.15) is 0 Å². The summed E-state index contributed by atoms with van der Waals surface area (Å²) in [6.45, 7) is 2.97. The summed E-state index contributed by atoms with van der Waals surface area (Å²) in [6, 6.07) is 26.5. The van der Waals surface area contributed by atoms with Gasteiger partial charge in [0.25, 0.3) is 5.91 Å². The minimum atomic E-state index is -1.14. The first-order valence-electron chi connectivity index (χ1n) is 14.9. The van der Waals surface area contributed by atoms with Crippen LogP contribution >= 0.6 is 11.8 Å². The molecule has 1 N–H and O–H groups in total. The summed E-state index contributed by atoms with van der Waals surface area (Å²) in [7, 11) is 1.66. The lowest BCUT2D eigenvalue weighted by atomic mass is 9.99. The lowest BCUT2D eigenvalue weighted by molar-refractivity contribution is -0.183. The van der Waals surface area contributed by atoms with E-state index in [9.17, 15) is 19.2 Å². The number of aromatic nitrogens is 4. The van der Waals surface area contributed by atoms with Crippen LogP contribution in [0.4, 0.5) is 0 Å². The van der Waals surface area contributed by atoms with Crippen LogP contribution in [-0.2, 0) is 42.1 Å². The zero-order valence-electron chi connectivity index (χ0n) is 26.1. The molecule has 0 radical (unpaired) electrons. The number of hydrogen-bond donors (Lipinski definition) is 1. The minimum absolute atomic E-state index is 0.00723. The number of esters is 1. The first kappa shape index (κ1) is 33.2. The van der Waals surface area contributed by atoms with Crippen LogP contribution in [0.1, 0.15) is 36.6 Å². The van der Waals surface area contributed by atoms with Crippen molar-refractivity contribution in [1.82, 2.24) is 30.4 Å². The normalized spacial score (nSPS) is 15.6. The maximum Gasteiger partial charge on any atom is 0.356 e. The van der Waals surface area contributed by atoms with Crippen LogP contribution in [0.3, 0.4) is 0 Å². The van der Waals surface area contributed by atoms with Crippen LogP contribution in [-0.4, -0.2) is 73.3 Å². The summed E-state index contributed by atoms with van der Waals surface area (Å²) in [5, 5.41) is 14.3. The monoisotopic (exact) mass is 654 g/mol. The Hall–Kier alpha value is -5.14. The number of aryl methyl sites for hydroxylation is 1. The van der Waals surface area contributed by atoms with E-state index in [1.807, 2.05) is 78.9 Å². The summed E-state index contributed by atoms with van der Waals surface area (Å²) < 4.78 is 13.5. The van der Waals surface area contributed by atoms with E-state index in [4.69, 9.17) is 9.47 Å². The van der Waals surface area contributed by atoms with Crippen LogP contribution in [0.25, 0.3) is 0 Å². The number of amides is 2. The fourth-order valence-corrected chi connectivity index (χ4v) is 5.70. The zero-order chi connectivity index (χ0) is 33.3. The molecule has 1 aromatic heterocycles. The molecule has 47 heavy (non-hydrogen) atoms. The SMILES string of the molecule is CC(C)=C(C(=O)OC(c1ccccc1)c1ccccc1)N1C(=O)C(NC(=O)Cc2ccccc2)C1OCC(=O)CSc1nnnn1C. The molecule has 2 heterocycles. The van der Waals surface area contributed by atoms with E-state index in [-0.39, 0.29) is 30.3 Å². The smallest absolute Gasteiger partial charge is 0.356 e. The van der Waals surface area contributed by atoms with Crippen molar-refractivity contribution in [2.75, 3.05) is 12.4 Å². The van der Waals surface area contributed by atoms with Gasteiger partial charge < -0.3 is 14.8 Å². The summed E-state index contributed by atoms with van der Waals surface area (Å²) in [5.74, 6) is -2.02. The Morgan fingerprint density at radius 1 is 0.915 bits per heavy atom. The molecular formula is C34H34N6O6S. The van der Waals surface area contributed by atoms with Crippen molar-refractivity contribution in [3.63, 3.8) is 0 Å². The van der Waals surface area contributed by atoms with Gasteiger partial charge >= 0.3 is 5.97 Å². The van der Waals surface area contributed by atoms with Crippen molar-refractivity contribution in [3.8, 4) is 0 Å². The quantitative estimate of drug-likeness (QED) is 0.0929. The Kier molecular flexibility index (Phi) is 10.9. The number of β-lactam (4-membered cyclic amide) rings is 1. The number of rotatable bonds is 14. The molecule has 12 nitrogen and oxygen atoms in total. The third kappa shape index (κ3) is 8.18. The van der Waals surface area contributed by atoms with Crippen molar-refractivity contribution in [3.05, 3.63) is 119 Å². The van der Waals surface area contributed by atoms with Crippen molar-refractivity contribution < 1.29 is 28.7 Å². The highest BCUT2D eigenvalue weighted by Gasteiger charge is 2.53. The standard InChI is InChI=1S/C34H34N6O6S/c1-22(2)29(33(44)46-30(24-15-9-5-10-16-24)25-17-11-6-12-18-25)40-31(43)28(35-27(42)19-23-13-7-4-8-14-23)32(40)45-20-26(41)21-47-34-36-37-38-39(34)3/h4-18,28,30,32H,19-21H2,1-3H3,(H,35,42). The lowest BCUT2D eigenvalue weighted by Crippen LogP contribution is -2.72. The molecule has 0 spiro atoms. The Morgan fingerprint density at radius 2 is 1.51 bits per heavy atom. The number of thioether (sulfide) groups is 1. The Morgan fingerprint density at radius 3 is 2.06 bits per heavy atom. The van der Waals surface area contributed by atoms with Crippen molar-refractivity contribution >= 4 is 35.3 Å². The third-order valence-electron chi connectivity index (χ3n) is 7.26. The van der Waals surface area contributed by atoms with Gasteiger partial charge in [-0.15, -0.1) is 5.10 Å². The second kappa shape index (κ2) is 15.4. The number of allylic oxidation sites excluding steroid dienone is 1. The molecule has 2 atom stereocenters. The number of nitrogens with one attached hydrogen (secondary N) is 1. The van der Waals surface area contributed by atoms with Gasteiger partial charge in [-0.25, -0.2) is 9.48 Å². The molecule has 0 bridgehead atoms. The highest BCUT2D eigenvalue weighted by molar-refractivity contribution is 7.99. The number of hydrogen-bond acceptors (Lipinski definition) is 10. The first-order chi connectivity index (χ1) is 22.7. The Labute approximate surface area is 276 Å². The van der Waals surface area contributed by atoms with Gasteiger partial charge in [0.05, 0.1) is 12.2 Å². The van der Waals surface area contributed by atoms with Crippen molar-refractivity contribution in [1.29, 1.82) is 0 Å². The van der Waals surface area contributed by atoms with Gasteiger partial charge in [-0.3, -0.25) is 19.3 Å². The number of carbonyl (C=O) groups is 4. The first-order valence-corrected chi connectivity index (χ1v) is 15.8. The molecule has 1 saturated heterocycles. The predicted molar refractivity (Wildman–Crippen MR) is 172 cm³/mol. The highest BCUT2D eigenvalue weighted by atomic mass is 32.2. The summed E-state index contributed by atoms with van der Waals surface area (Å²) in [4.78, 5) is 54.6. The zero-order valence-corrected chi connectivity index (χ0v) is 26.9. The number of tetrazole rings is 1. The number of benzene rings is 3. The number of carbonyl (C=O) groups excluding carboxylic acids is 4. The number of ether oxygens (including phenoxy) is 2. The van der Waals surface area contributed by atoms with Gasteiger partial charge in [0.2, 0.25) is 11.1 Å². The summed E-state index contributed by atoms with van der Waals surface area (Å²) in [5.41, 5.74) is 2.71. The molecule has 1 aliphatic rings. The average molecular weight is 655 g/mol. The number of Topliss-reactive ketones (excluding diaryl/α,β-unsaturated/α-hetero) is 1. The Bertz CT molecular complexity index is 1700. The minimum Gasteiger partial charge on any atom is -0.448 e. The molecule has 0 saturated carbocycles. The molecule has 13 heteroatoms. The van der Waals surface area contributed by atoms with E-state index in [0.717, 1.165) is 33.4 Å². The average Bonchev–Trinajstić information content (AvgIpc) is 3.50. The van der Waals surface area contributed by atoms with Crippen LogP contribution in [0, 0.1) is 0 Å². The molecule has 1 aliphatic heterocycles. The molecular weight excluding hydrogens is 620 g/mol. The van der Waals surface area contributed by atoms with Gasteiger partial charge in [0, 0.05) is 7.05 Å². The van der Waals surface area contributed by atoms with Crippen LogP contribution in [0.15, 0.2) is 107 Å². The Balaban J connectivity index is 1.36. The third-order valence-corrected chi connectivity index (χ3v) is 8.33. The maximum atomic E-state index is 13.9. The topological polar surface area (TPSA) is 146 Å². The fourth-order valence-electron chi connectivity index (χ4n) is 5.01. The molecule has 3 aromatic carbocycles. The second-order valence-electron chi connectivity index (χ2n) is 11.0. The van der Waals surface area contributed by atoms with E-state index in [2.05, 4.69) is 20.8 Å². The highest BCUT2D eigenvalue weighted by Crippen LogP contribution is 2.33. The molecule has 5 rings (SSSR count). The number of likely N-dealkylation sites (tertiary alicyclic amines) is 1. The largest absolute Gasteiger partial charge is 0.448 e. The van der Waals surface area contributed by atoms with E-state index >= 15 is 0 Å². The van der Waals surface area contributed by atoms with E-state index < -0.39 is 36.2 Å². The van der Waals surface area contributed by atoms with Gasteiger partial charge in [0.15, 0.2) is 24.2 Å². The van der Waals surface area contributed by atoms with Gasteiger partial charge in [-0.05, 0) is 46.5 Å². The summed E-state index contributed by atoms with van der Waals surface area (Å²) >= 11 is 1.14. The molecule has 1 fully saturated rings. The van der Waals surface area contributed by atoms with E-state index in [1.54, 1.807) is 33.0 Å². The van der Waals surface area contributed by atoms with Gasteiger partial charge in [-0.1, -0.05) is 103 Å². The second-order valence-corrected chi connectivity index (χ2v) is 11.9. The van der Waals surface area contributed by atoms with Crippen LogP contribution in [0.5, 0.6) is 0 Å². The van der Waals surface area contributed by atoms with Crippen molar-refractivity contribution in [2.45, 2.75) is 43.8 Å². The molecule has 0 aliphatic carbocycles.